The number of likely N-dealkylation sites (tertiary alicyclic amines) is 2. The first-order valence-electron chi connectivity index (χ1n) is 21.6. The number of fused-ring (bicyclic) bond motifs is 1. The van der Waals surface area contributed by atoms with Gasteiger partial charge in [-0.15, -0.1) is 0 Å². The molecule has 0 unspecified atom stereocenters. The summed E-state index contributed by atoms with van der Waals surface area (Å²) in [5.74, 6) is -1.91. The maximum absolute atomic E-state index is 15.2. The molecule has 4 aliphatic carbocycles. The lowest BCUT2D eigenvalue weighted by atomic mass is 9.73. The molecule has 0 aromatic carbocycles. The van der Waals surface area contributed by atoms with E-state index in [1.54, 1.807) is 4.90 Å². The van der Waals surface area contributed by atoms with Crippen LogP contribution in [0.5, 0.6) is 0 Å². The van der Waals surface area contributed by atoms with Crippen LogP contribution in [0, 0.1) is 38.4 Å². The van der Waals surface area contributed by atoms with E-state index in [9.17, 15) is 27.6 Å². The second kappa shape index (κ2) is 14.3. The highest BCUT2D eigenvalue weighted by molar-refractivity contribution is 7.90. The minimum Gasteiger partial charge on any atom is -0.342 e. The van der Waals surface area contributed by atoms with E-state index >= 15 is 4.79 Å². The molecule has 6 rings (SSSR count). The quantitative estimate of drug-likeness (QED) is 0.232. The van der Waals surface area contributed by atoms with Crippen LogP contribution >= 0.6 is 0 Å². The van der Waals surface area contributed by atoms with Crippen LogP contribution in [0.25, 0.3) is 0 Å². The number of hydrogen-bond donors (Lipinski definition) is 3. The molecule has 2 spiro atoms. The Kier molecular flexibility index (Phi) is 11.0. The third-order valence-electron chi connectivity index (χ3n) is 15.7. The highest BCUT2D eigenvalue weighted by Crippen LogP contribution is 2.88. The number of amides is 4. The molecule has 0 radical (unpaired) electrons. The number of ketones is 1. The molecule has 4 saturated carbocycles. The molecule has 6 aliphatic rings. The molecule has 56 heavy (non-hydrogen) atoms. The van der Waals surface area contributed by atoms with Gasteiger partial charge in [-0.3, -0.25) is 33.6 Å². The Labute approximate surface area is 336 Å². The van der Waals surface area contributed by atoms with Gasteiger partial charge in [0, 0.05) is 24.4 Å². The number of nitrogens with zero attached hydrogens (tertiary/aromatic N) is 2. The van der Waals surface area contributed by atoms with Crippen LogP contribution in [-0.4, -0.2) is 96.2 Å². The molecule has 0 bridgehead atoms. The third kappa shape index (κ3) is 7.14. The highest BCUT2D eigenvalue weighted by Gasteiger charge is 2.85. The van der Waals surface area contributed by atoms with Gasteiger partial charge in [0.15, 0.2) is 5.78 Å². The monoisotopic (exact) mass is 802 g/mol. The number of sulfonamides is 1. The zero-order valence-electron chi connectivity index (χ0n) is 36.1. The lowest BCUT2D eigenvalue weighted by Crippen LogP contribution is -2.63. The Morgan fingerprint density at radius 1 is 0.804 bits per heavy atom. The van der Waals surface area contributed by atoms with Crippen molar-refractivity contribution in [1.82, 2.24) is 25.2 Å². The number of Topliss-reactive ketones (excluding diaryl/α,β-unsaturated/α-hetero) is 1. The summed E-state index contributed by atoms with van der Waals surface area (Å²) in [6.07, 6.45) is 8.32. The first-order chi connectivity index (χ1) is 25.8. The fourth-order valence-corrected chi connectivity index (χ4v) is 12.9. The first-order valence-corrected chi connectivity index (χ1v) is 23.1. The SMILES string of the molecule is CC[C@@H]1C[C@]1(CC(=O)[C@@H]1C[C@@]2(CN1C(=O)[C@@H](NC(=O)[C@@H](NC(=O)[C@@H]1CCCCN1C(C)C)C(C)(C)C)C(C)(C)C)C(C)(C)C21CCC1)C(=O)NS(=O)(=O)C1CC1. The van der Waals surface area contributed by atoms with Gasteiger partial charge >= 0.3 is 0 Å². The van der Waals surface area contributed by atoms with Gasteiger partial charge in [-0.2, -0.15) is 0 Å². The number of nitrogens with one attached hydrogen (secondary N) is 3. The van der Waals surface area contributed by atoms with Crippen molar-refractivity contribution in [1.29, 1.82) is 0 Å². The Bertz CT molecular complexity index is 1720. The van der Waals surface area contributed by atoms with Gasteiger partial charge in [0.2, 0.25) is 33.7 Å². The van der Waals surface area contributed by atoms with E-state index in [-0.39, 0.29) is 58.3 Å². The van der Waals surface area contributed by atoms with E-state index < -0.39 is 61.5 Å². The molecule has 6 fully saturated rings. The summed E-state index contributed by atoms with van der Waals surface area (Å²) in [7, 11) is -3.80. The molecule has 0 aromatic heterocycles. The van der Waals surface area contributed by atoms with Crippen molar-refractivity contribution in [3.05, 3.63) is 0 Å². The Morgan fingerprint density at radius 2 is 1.43 bits per heavy atom. The molecule has 12 nitrogen and oxygen atoms in total. The summed E-state index contributed by atoms with van der Waals surface area (Å²) < 4.78 is 28.0. The molecule has 4 amide bonds. The summed E-state index contributed by atoms with van der Waals surface area (Å²) in [4.78, 5) is 75.9. The van der Waals surface area contributed by atoms with E-state index in [4.69, 9.17) is 0 Å². The van der Waals surface area contributed by atoms with E-state index in [1.165, 1.54) is 0 Å². The average Bonchev–Trinajstić information content (AvgIpc) is 4.02. The molecule has 2 aliphatic heterocycles. The summed E-state index contributed by atoms with van der Waals surface area (Å²) in [5.41, 5.74) is -2.90. The zero-order chi connectivity index (χ0) is 41.6. The third-order valence-corrected chi connectivity index (χ3v) is 17.5. The molecule has 3 N–H and O–H groups in total. The van der Waals surface area contributed by atoms with Gasteiger partial charge in [0.1, 0.15) is 12.1 Å². The predicted octanol–water partition coefficient (Wildman–Crippen LogP) is 5.09. The van der Waals surface area contributed by atoms with Crippen molar-refractivity contribution in [3.8, 4) is 0 Å². The molecule has 2 heterocycles. The lowest BCUT2D eigenvalue weighted by Gasteiger charge is -2.40. The second-order valence-corrected chi connectivity index (χ2v) is 23.5. The molecule has 2 saturated heterocycles. The van der Waals surface area contributed by atoms with Gasteiger partial charge < -0.3 is 15.5 Å². The average molecular weight is 802 g/mol. The topological polar surface area (TPSA) is 162 Å². The van der Waals surface area contributed by atoms with E-state index in [0.29, 0.717) is 45.1 Å². The highest BCUT2D eigenvalue weighted by atomic mass is 32.2. The largest absolute Gasteiger partial charge is 0.342 e. The lowest BCUT2D eigenvalue weighted by molar-refractivity contribution is -0.145. The molecule has 0 aromatic rings. The van der Waals surface area contributed by atoms with Crippen molar-refractivity contribution in [3.63, 3.8) is 0 Å². The van der Waals surface area contributed by atoms with Gasteiger partial charge in [-0.25, -0.2) is 8.42 Å². The second-order valence-electron chi connectivity index (χ2n) is 21.6. The molecule has 7 atom stereocenters. The number of rotatable bonds is 13. The van der Waals surface area contributed by atoms with Gasteiger partial charge in [-0.1, -0.05) is 81.6 Å². The first kappa shape index (κ1) is 43.0. The van der Waals surface area contributed by atoms with Crippen LogP contribution in [-0.2, 0) is 34.0 Å². The maximum atomic E-state index is 15.2. The standard InChI is InChI=1S/C43H71N5O7S/c1-12-27-22-41(27,37(53)46-56(54,55)28-17-18-28)24-31(49)30-23-43(40(10,11)42(43)19-15-20-42)25-48(30)36(52)33(39(7,8)9)45-35(51)32(38(4,5)6)44-34(50)29-16-13-14-21-47(29)26(2)3/h26-30,32-33H,12-25H2,1-11H3,(H,44,50)(H,45,51)(H,46,53)/t27-,29+,30+,32-,33-,41-,43-/m1/s1. The molecule has 316 valence electrons. The normalized spacial score (nSPS) is 32.1. The Balaban J connectivity index is 1.27. The smallest absolute Gasteiger partial charge is 0.246 e. The van der Waals surface area contributed by atoms with Crippen LogP contribution in [0.3, 0.4) is 0 Å². The van der Waals surface area contributed by atoms with Gasteiger partial charge in [-0.05, 0) is 99.3 Å². The van der Waals surface area contributed by atoms with Crippen LogP contribution in [0.1, 0.15) is 153 Å². The van der Waals surface area contributed by atoms with Crippen LogP contribution in [0.4, 0.5) is 0 Å². The Morgan fingerprint density at radius 3 is 1.91 bits per heavy atom. The van der Waals surface area contributed by atoms with Crippen LogP contribution in [0.15, 0.2) is 0 Å². The molecular formula is C43H71N5O7S. The number of carbonyl (C=O) groups excluding carboxylic acids is 5. The van der Waals surface area contributed by atoms with E-state index in [0.717, 1.165) is 38.6 Å². The maximum Gasteiger partial charge on any atom is 0.246 e. The van der Waals surface area contributed by atoms with E-state index in [2.05, 4.69) is 48.0 Å². The summed E-state index contributed by atoms with van der Waals surface area (Å²) >= 11 is 0. The van der Waals surface area contributed by atoms with Gasteiger partial charge in [0.25, 0.3) is 0 Å². The van der Waals surface area contributed by atoms with Crippen molar-refractivity contribution in [2.45, 2.75) is 189 Å². The zero-order valence-corrected chi connectivity index (χ0v) is 36.9. The fourth-order valence-electron chi connectivity index (χ4n) is 11.5. The van der Waals surface area contributed by atoms with Crippen molar-refractivity contribution in [2.24, 2.45) is 38.4 Å². The summed E-state index contributed by atoms with van der Waals surface area (Å²) in [6, 6.07) is -2.89. The van der Waals surface area contributed by atoms with Gasteiger partial charge in [0.05, 0.1) is 22.7 Å². The summed E-state index contributed by atoms with van der Waals surface area (Å²) in [6.45, 7) is 23.2. The van der Waals surface area contributed by atoms with E-state index in [1.807, 2.05) is 48.5 Å². The minimum atomic E-state index is -3.80. The molecular weight excluding hydrogens is 731 g/mol. The minimum absolute atomic E-state index is 0.0254. The van der Waals surface area contributed by atoms with Crippen molar-refractivity contribution < 1.29 is 32.4 Å². The van der Waals surface area contributed by atoms with Crippen molar-refractivity contribution in [2.75, 3.05) is 13.1 Å². The van der Waals surface area contributed by atoms with Crippen molar-refractivity contribution >= 4 is 39.4 Å². The fraction of sp³-hybridized carbons (Fsp3) is 0.884. The Hall–Kier alpha value is -2.54. The molecule has 13 heteroatoms. The summed E-state index contributed by atoms with van der Waals surface area (Å²) in [5, 5.41) is 5.63. The number of carbonyl (C=O) groups is 5. The number of piperidine rings is 1. The predicted molar refractivity (Wildman–Crippen MR) is 215 cm³/mol. The van der Waals surface area contributed by atoms with Crippen LogP contribution < -0.4 is 15.4 Å². The number of hydrogen-bond acceptors (Lipinski definition) is 8. The van der Waals surface area contributed by atoms with Crippen LogP contribution in [0.2, 0.25) is 0 Å².